The zero-order chi connectivity index (χ0) is 11.8. The smallest absolute Gasteiger partial charge is 0.431 e. The van der Waals surface area contributed by atoms with Gasteiger partial charge in [-0.3, -0.25) is 4.79 Å². The number of aromatic amines is 1. The molecule has 0 aliphatic heterocycles. The topological polar surface area (TPSA) is 46.0 Å². The Morgan fingerprint density at radius 2 is 2.00 bits per heavy atom. The molecule has 0 spiro atoms. The van der Waals surface area contributed by atoms with Crippen molar-refractivity contribution in [2.45, 2.75) is 6.18 Å². The van der Waals surface area contributed by atoms with Crippen LogP contribution < -0.4 is 5.56 Å². The first-order valence-electron chi connectivity index (χ1n) is 4.32. The van der Waals surface area contributed by atoms with E-state index in [4.69, 9.17) is 4.42 Å². The fourth-order valence-electron chi connectivity index (χ4n) is 1.28. The fourth-order valence-corrected chi connectivity index (χ4v) is 1.28. The van der Waals surface area contributed by atoms with Gasteiger partial charge in [0, 0.05) is 11.6 Å². The van der Waals surface area contributed by atoms with Crippen LogP contribution in [0.15, 0.2) is 39.7 Å². The molecule has 0 aromatic carbocycles. The van der Waals surface area contributed by atoms with Crippen molar-refractivity contribution in [2.24, 2.45) is 0 Å². The summed E-state index contributed by atoms with van der Waals surface area (Å²) in [6, 6.07) is 4.90. The Balaban J connectivity index is 2.57. The summed E-state index contributed by atoms with van der Waals surface area (Å²) < 4.78 is 42.1. The van der Waals surface area contributed by atoms with Gasteiger partial charge in [-0.2, -0.15) is 13.2 Å². The van der Waals surface area contributed by atoms with Crippen LogP contribution in [0.2, 0.25) is 0 Å². The van der Waals surface area contributed by atoms with Crippen LogP contribution in [-0.2, 0) is 6.18 Å². The van der Waals surface area contributed by atoms with Crippen LogP contribution in [0.1, 0.15) is 5.69 Å². The SMILES string of the molecule is O=c1cc(-c2ccco2)cc(C(F)(F)F)[nH]1. The standard InChI is InChI=1S/C10H6F3NO2/c11-10(12,13)8-4-6(5-9(15)14-8)7-2-1-3-16-7/h1-5H,(H,14,15). The first-order valence-corrected chi connectivity index (χ1v) is 4.32. The Labute approximate surface area is 87.5 Å². The second-order valence-electron chi connectivity index (χ2n) is 3.12. The molecule has 0 aliphatic carbocycles. The van der Waals surface area contributed by atoms with E-state index < -0.39 is 17.4 Å². The summed E-state index contributed by atoms with van der Waals surface area (Å²) in [4.78, 5) is 12.8. The van der Waals surface area contributed by atoms with Gasteiger partial charge in [-0.1, -0.05) is 0 Å². The Hall–Kier alpha value is -1.98. The van der Waals surface area contributed by atoms with E-state index in [-0.39, 0.29) is 11.3 Å². The lowest BCUT2D eigenvalue weighted by Gasteiger charge is -2.06. The normalized spacial score (nSPS) is 11.7. The number of furan rings is 1. The van der Waals surface area contributed by atoms with Crippen molar-refractivity contribution in [2.75, 3.05) is 0 Å². The average molecular weight is 229 g/mol. The number of hydrogen-bond acceptors (Lipinski definition) is 2. The van der Waals surface area contributed by atoms with Crippen LogP contribution in [0.4, 0.5) is 13.2 Å². The van der Waals surface area contributed by atoms with Crippen molar-refractivity contribution in [1.82, 2.24) is 4.98 Å². The molecular weight excluding hydrogens is 223 g/mol. The molecule has 84 valence electrons. The molecule has 2 aromatic heterocycles. The van der Waals surface area contributed by atoms with Crippen molar-refractivity contribution in [3.63, 3.8) is 0 Å². The molecular formula is C10H6F3NO2. The molecule has 6 heteroatoms. The predicted molar refractivity (Wildman–Crippen MR) is 49.8 cm³/mol. The molecule has 0 bridgehead atoms. The number of hydrogen-bond donors (Lipinski definition) is 1. The van der Waals surface area contributed by atoms with E-state index in [1.807, 2.05) is 0 Å². The Bertz CT molecular complexity index is 540. The highest BCUT2D eigenvalue weighted by Gasteiger charge is 2.32. The third-order valence-electron chi connectivity index (χ3n) is 1.96. The highest BCUT2D eigenvalue weighted by Crippen LogP contribution is 2.29. The molecule has 0 fully saturated rings. The van der Waals surface area contributed by atoms with Gasteiger partial charge in [0.25, 0.3) is 0 Å². The van der Waals surface area contributed by atoms with Gasteiger partial charge in [-0.15, -0.1) is 0 Å². The van der Waals surface area contributed by atoms with Gasteiger partial charge in [0.05, 0.1) is 6.26 Å². The number of alkyl halides is 3. The van der Waals surface area contributed by atoms with Gasteiger partial charge in [-0.25, -0.2) is 0 Å². The molecule has 1 N–H and O–H groups in total. The zero-order valence-electron chi connectivity index (χ0n) is 7.84. The van der Waals surface area contributed by atoms with E-state index in [1.165, 1.54) is 18.4 Å². The van der Waals surface area contributed by atoms with Crippen molar-refractivity contribution < 1.29 is 17.6 Å². The maximum Gasteiger partial charge on any atom is 0.431 e. The number of rotatable bonds is 1. The van der Waals surface area contributed by atoms with Crippen molar-refractivity contribution in [3.8, 4) is 11.3 Å². The lowest BCUT2D eigenvalue weighted by atomic mass is 10.2. The first-order chi connectivity index (χ1) is 7.47. The lowest BCUT2D eigenvalue weighted by Crippen LogP contribution is -2.15. The Morgan fingerprint density at radius 1 is 1.25 bits per heavy atom. The summed E-state index contributed by atoms with van der Waals surface area (Å²) in [5, 5.41) is 0. The van der Waals surface area contributed by atoms with Crippen molar-refractivity contribution in [1.29, 1.82) is 0 Å². The minimum atomic E-state index is -4.58. The van der Waals surface area contributed by atoms with E-state index in [0.29, 0.717) is 0 Å². The number of halogens is 3. The van der Waals surface area contributed by atoms with Crippen LogP contribution in [-0.4, -0.2) is 4.98 Å². The zero-order valence-corrected chi connectivity index (χ0v) is 7.84. The third kappa shape index (κ3) is 2.00. The van der Waals surface area contributed by atoms with E-state index in [0.717, 1.165) is 12.1 Å². The van der Waals surface area contributed by atoms with Crippen LogP contribution in [0.25, 0.3) is 11.3 Å². The number of nitrogens with one attached hydrogen (secondary N) is 1. The summed E-state index contributed by atoms with van der Waals surface area (Å²) in [7, 11) is 0. The lowest BCUT2D eigenvalue weighted by molar-refractivity contribution is -0.141. The van der Waals surface area contributed by atoms with Gasteiger partial charge in [-0.05, 0) is 18.2 Å². The van der Waals surface area contributed by atoms with Crippen LogP contribution in [0.3, 0.4) is 0 Å². The minimum Gasteiger partial charge on any atom is -0.464 e. The van der Waals surface area contributed by atoms with Crippen molar-refractivity contribution in [3.05, 3.63) is 46.6 Å². The first kappa shape index (κ1) is 10.5. The van der Waals surface area contributed by atoms with E-state index in [9.17, 15) is 18.0 Å². The molecule has 0 radical (unpaired) electrons. The van der Waals surface area contributed by atoms with Crippen LogP contribution in [0, 0.1) is 0 Å². The molecule has 0 saturated heterocycles. The molecule has 0 amide bonds. The van der Waals surface area contributed by atoms with Gasteiger partial charge in [0.15, 0.2) is 0 Å². The van der Waals surface area contributed by atoms with E-state index in [1.54, 1.807) is 4.98 Å². The molecule has 16 heavy (non-hydrogen) atoms. The third-order valence-corrected chi connectivity index (χ3v) is 1.96. The molecule has 3 nitrogen and oxygen atoms in total. The van der Waals surface area contributed by atoms with Gasteiger partial charge < -0.3 is 9.40 Å². The maximum atomic E-state index is 12.4. The number of H-pyrrole nitrogens is 1. The summed E-state index contributed by atoms with van der Waals surface area (Å²) in [6.07, 6.45) is -3.26. The Kier molecular flexibility index (Phi) is 2.34. The number of pyridine rings is 1. The van der Waals surface area contributed by atoms with E-state index in [2.05, 4.69) is 0 Å². The molecule has 2 aromatic rings. The van der Waals surface area contributed by atoms with Crippen LogP contribution >= 0.6 is 0 Å². The molecule has 0 aliphatic rings. The van der Waals surface area contributed by atoms with Crippen LogP contribution in [0.5, 0.6) is 0 Å². The molecule has 2 heterocycles. The molecule has 0 unspecified atom stereocenters. The minimum absolute atomic E-state index is 0.0982. The monoisotopic (exact) mass is 229 g/mol. The quantitative estimate of drug-likeness (QED) is 0.817. The molecule has 2 rings (SSSR count). The average Bonchev–Trinajstić information content (AvgIpc) is 2.68. The highest BCUT2D eigenvalue weighted by molar-refractivity contribution is 5.57. The van der Waals surface area contributed by atoms with Crippen molar-refractivity contribution >= 4 is 0 Å². The summed E-state index contributed by atoms with van der Waals surface area (Å²) in [6.45, 7) is 0. The van der Waals surface area contributed by atoms with E-state index >= 15 is 0 Å². The number of aromatic nitrogens is 1. The predicted octanol–water partition coefficient (Wildman–Crippen LogP) is 2.65. The Morgan fingerprint density at radius 3 is 2.56 bits per heavy atom. The fraction of sp³-hybridized carbons (Fsp3) is 0.100. The summed E-state index contributed by atoms with van der Waals surface area (Å²) in [5.41, 5.74) is -1.81. The largest absolute Gasteiger partial charge is 0.464 e. The summed E-state index contributed by atoms with van der Waals surface area (Å²) in [5.74, 6) is 0.219. The van der Waals surface area contributed by atoms with Gasteiger partial charge >= 0.3 is 6.18 Å². The molecule has 0 saturated carbocycles. The second-order valence-corrected chi connectivity index (χ2v) is 3.12. The highest BCUT2D eigenvalue weighted by atomic mass is 19.4. The maximum absolute atomic E-state index is 12.4. The summed E-state index contributed by atoms with van der Waals surface area (Å²) >= 11 is 0. The second kappa shape index (κ2) is 3.55. The van der Waals surface area contributed by atoms with Gasteiger partial charge in [0.1, 0.15) is 11.5 Å². The van der Waals surface area contributed by atoms with Gasteiger partial charge in [0.2, 0.25) is 5.56 Å². The molecule has 0 atom stereocenters.